The average molecular weight is 357 g/mol. The lowest BCUT2D eigenvalue weighted by molar-refractivity contribution is -0.0420. The Hall–Kier alpha value is -1.37. The molecule has 0 aromatic carbocycles. The molecule has 1 aromatic heterocycles. The summed E-state index contributed by atoms with van der Waals surface area (Å²) in [5, 5.41) is 12.5. The summed E-state index contributed by atoms with van der Waals surface area (Å²) in [4.78, 5) is 16.5. The topological polar surface area (TPSA) is 80.7 Å². The van der Waals surface area contributed by atoms with Gasteiger partial charge in [-0.15, -0.1) is 0 Å². The highest BCUT2D eigenvalue weighted by Gasteiger charge is 2.36. The van der Waals surface area contributed by atoms with E-state index in [0.29, 0.717) is 23.9 Å². The summed E-state index contributed by atoms with van der Waals surface area (Å²) >= 11 is 5.95. The third kappa shape index (κ3) is 4.82. The molecular formula is C17H25ClN2O4. The first kappa shape index (κ1) is 19.0. The van der Waals surface area contributed by atoms with Crippen molar-refractivity contribution in [1.29, 1.82) is 0 Å². The number of ether oxygens (including phenoxy) is 2. The zero-order valence-corrected chi connectivity index (χ0v) is 15.3. The predicted molar refractivity (Wildman–Crippen MR) is 90.8 cm³/mol. The Balaban J connectivity index is 2.27. The molecule has 6 nitrogen and oxygen atoms in total. The number of carbonyl (C=O) groups is 1. The maximum atomic E-state index is 12.2. The van der Waals surface area contributed by atoms with E-state index in [1.807, 2.05) is 33.8 Å². The molecule has 3 atom stereocenters. The van der Waals surface area contributed by atoms with Crippen LogP contribution in [0, 0.1) is 5.92 Å². The van der Waals surface area contributed by atoms with Gasteiger partial charge in [-0.05, 0) is 39.2 Å². The van der Waals surface area contributed by atoms with Crippen molar-refractivity contribution in [2.24, 2.45) is 5.92 Å². The van der Waals surface area contributed by atoms with E-state index in [0.717, 1.165) is 5.56 Å². The number of nitrogens with zero attached hydrogens (tertiary/aromatic N) is 1. The van der Waals surface area contributed by atoms with Gasteiger partial charge in [0, 0.05) is 12.2 Å². The van der Waals surface area contributed by atoms with Crippen LogP contribution < -0.4 is 5.32 Å². The Morgan fingerprint density at radius 2 is 2.25 bits per heavy atom. The van der Waals surface area contributed by atoms with E-state index < -0.39 is 17.7 Å². The molecule has 1 amide bonds. The highest BCUT2D eigenvalue weighted by atomic mass is 35.5. The van der Waals surface area contributed by atoms with Gasteiger partial charge in [-0.2, -0.15) is 0 Å². The lowest BCUT2D eigenvalue weighted by Gasteiger charge is -2.37. The summed E-state index contributed by atoms with van der Waals surface area (Å²) in [5.74, 6) is 0.0544. The van der Waals surface area contributed by atoms with E-state index in [-0.39, 0.29) is 18.6 Å². The van der Waals surface area contributed by atoms with Crippen LogP contribution in [0.3, 0.4) is 0 Å². The average Bonchev–Trinajstić information content (AvgIpc) is 2.45. The molecule has 1 aliphatic heterocycles. The first-order valence-corrected chi connectivity index (χ1v) is 8.46. The number of hydrogen-bond donors (Lipinski definition) is 2. The number of halogens is 1. The second kappa shape index (κ2) is 7.68. The van der Waals surface area contributed by atoms with Crippen LogP contribution in [0.15, 0.2) is 12.1 Å². The van der Waals surface area contributed by atoms with Gasteiger partial charge in [-0.3, -0.25) is 0 Å². The van der Waals surface area contributed by atoms with Crippen LogP contribution in [0.1, 0.15) is 51.4 Å². The van der Waals surface area contributed by atoms with Gasteiger partial charge >= 0.3 is 6.09 Å². The third-order valence-corrected chi connectivity index (χ3v) is 4.08. The fourth-order valence-corrected chi connectivity index (χ4v) is 2.95. The fourth-order valence-electron chi connectivity index (χ4n) is 2.79. The van der Waals surface area contributed by atoms with Crippen molar-refractivity contribution in [2.75, 3.05) is 6.61 Å². The molecule has 0 radical (unpaired) electrons. The molecule has 0 unspecified atom stereocenters. The number of alkyl carbamates (subject to hydrolysis) is 1. The van der Waals surface area contributed by atoms with E-state index in [1.54, 1.807) is 6.07 Å². The van der Waals surface area contributed by atoms with Gasteiger partial charge in [0.15, 0.2) is 0 Å². The molecule has 0 fully saturated rings. The number of carbonyl (C=O) groups excluding carboxylic acids is 1. The van der Waals surface area contributed by atoms with Gasteiger partial charge in [0.05, 0.1) is 24.4 Å². The van der Waals surface area contributed by atoms with Gasteiger partial charge < -0.3 is 19.9 Å². The molecule has 7 heteroatoms. The number of nitrogens with one attached hydrogen (secondary N) is 1. The number of aliphatic hydroxyl groups is 1. The Kier molecular flexibility index (Phi) is 6.06. The second-order valence-electron chi connectivity index (χ2n) is 7.06. The molecule has 0 spiro atoms. The molecule has 134 valence electrons. The quantitative estimate of drug-likeness (QED) is 0.809. The minimum absolute atomic E-state index is 0.0544. The summed E-state index contributed by atoms with van der Waals surface area (Å²) in [7, 11) is 0. The number of hydrogen-bond acceptors (Lipinski definition) is 5. The van der Waals surface area contributed by atoms with Crippen molar-refractivity contribution in [3.63, 3.8) is 0 Å². The fraction of sp³-hybridized carbons (Fsp3) is 0.647. The molecule has 24 heavy (non-hydrogen) atoms. The molecule has 1 aromatic rings. The van der Waals surface area contributed by atoms with E-state index >= 15 is 0 Å². The summed E-state index contributed by atoms with van der Waals surface area (Å²) < 4.78 is 11.3. The molecule has 1 aliphatic rings. The summed E-state index contributed by atoms with van der Waals surface area (Å²) in [5.41, 5.74) is 0.981. The van der Waals surface area contributed by atoms with E-state index in [1.165, 1.54) is 0 Å². The molecule has 2 rings (SSSR count). The molecule has 2 N–H and O–H groups in total. The Morgan fingerprint density at radius 3 is 2.88 bits per heavy atom. The Morgan fingerprint density at radius 1 is 1.54 bits per heavy atom. The van der Waals surface area contributed by atoms with Crippen LogP contribution in [0.2, 0.25) is 5.15 Å². The summed E-state index contributed by atoms with van der Waals surface area (Å²) in [6.45, 7) is 7.80. The van der Waals surface area contributed by atoms with Crippen molar-refractivity contribution < 1.29 is 19.4 Å². The molecule has 0 bridgehead atoms. The van der Waals surface area contributed by atoms with E-state index in [4.69, 9.17) is 21.1 Å². The summed E-state index contributed by atoms with van der Waals surface area (Å²) in [6, 6.07) is 3.15. The van der Waals surface area contributed by atoms with E-state index in [2.05, 4.69) is 10.3 Å². The van der Waals surface area contributed by atoms with Gasteiger partial charge in [0.2, 0.25) is 0 Å². The number of amides is 1. The lowest BCUT2D eigenvalue weighted by Crippen LogP contribution is -2.45. The first-order chi connectivity index (χ1) is 11.2. The number of aliphatic hydroxyl groups excluding tert-OH is 1. The van der Waals surface area contributed by atoms with Crippen LogP contribution in [0.5, 0.6) is 0 Å². The first-order valence-electron chi connectivity index (χ1n) is 8.08. The number of pyridine rings is 1. The van der Waals surface area contributed by atoms with Crippen LogP contribution >= 0.6 is 11.6 Å². The Labute approximate surface area is 147 Å². The minimum Gasteiger partial charge on any atom is -0.444 e. The van der Waals surface area contributed by atoms with Crippen molar-refractivity contribution in [1.82, 2.24) is 10.3 Å². The maximum absolute atomic E-state index is 12.2. The highest BCUT2D eigenvalue weighted by molar-refractivity contribution is 6.29. The monoisotopic (exact) mass is 356 g/mol. The van der Waals surface area contributed by atoms with Gasteiger partial charge in [0.25, 0.3) is 0 Å². The van der Waals surface area contributed by atoms with Crippen LogP contribution in [0.25, 0.3) is 0 Å². The van der Waals surface area contributed by atoms with Gasteiger partial charge in [-0.25, -0.2) is 9.78 Å². The summed E-state index contributed by atoms with van der Waals surface area (Å²) in [6.07, 6.45) is -0.215. The Bertz CT molecular complexity index is 588. The van der Waals surface area contributed by atoms with Crippen molar-refractivity contribution in [3.8, 4) is 0 Å². The van der Waals surface area contributed by atoms with Crippen molar-refractivity contribution in [2.45, 2.75) is 58.5 Å². The molecule has 0 saturated carbocycles. The number of aromatic nitrogens is 1. The smallest absolute Gasteiger partial charge is 0.408 e. The van der Waals surface area contributed by atoms with Crippen LogP contribution in [0.4, 0.5) is 4.79 Å². The molecule has 0 aliphatic carbocycles. The molecule has 0 saturated heterocycles. The van der Waals surface area contributed by atoms with Crippen molar-refractivity contribution in [3.05, 3.63) is 28.5 Å². The molecular weight excluding hydrogens is 332 g/mol. The second-order valence-corrected chi connectivity index (χ2v) is 7.45. The highest BCUT2D eigenvalue weighted by Crippen LogP contribution is 2.34. The minimum atomic E-state index is -0.590. The number of fused-ring (bicyclic) bond motifs is 1. The third-order valence-electron chi connectivity index (χ3n) is 3.87. The SMILES string of the molecule is C[C@@H](CCO)[C@@H]1OCc2nc(Cl)ccc2[C@@H]1NC(=O)OC(C)(C)C. The van der Waals surface area contributed by atoms with Crippen LogP contribution in [-0.2, 0) is 16.1 Å². The zero-order chi connectivity index (χ0) is 17.9. The standard InChI is InChI=1S/C17H25ClN2O4/c1-10(7-8-21)15-14(20-16(22)24-17(2,3)4)11-5-6-13(18)19-12(11)9-23-15/h5-6,10,14-15,21H,7-9H2,1-4H3,(H,20,22)/t10-,14-,15-/m0/s1. The van der Waals surface area contributed by atoms with Gasteiger partial charge in [0.1, 0.15) is 10.8 Å². The van der Waals surface area contributed by atoms with Gasteiger partial charge in [-0.1, -0.05) is 24.6 Å². The van der Waals surface area contributed by atoms with Crippen LogP contribution in [-0.4, -0.2) is 34.5 Å². The molecule has 2 heterocycles. The lowest BCUT2D eigenvalue weighted by atomic mass is 9.88. The zero-order valence-electron chi connectivity index (χ0n) is 14.5. The normalized spacial score (nSPS) is 21.8. The maximum Gasteiger partial charge on any atom is 0.408 e. The largest absolute Gasteiger partial charge is 0.444 e. The predicted octanol–water partition coefficient (Wildman–Crippen LogP) is 3.22. The van der Waals surface area contributed by atoms with E-state index in [9.17, 15) is 9.90 Å². The number of rotatable bonds is 4. The van der Waals surface area contributed by atoms with Crippen molar-refractivity contribution >= 4 is 17.7 Å².